The van der Waals surface area contributed by atoms with E-state index in [1.807, 2.05) is 0 Å². The molecule has 0 atom stereocenters. The zero-order chi connectivity index (χ0) is 15.8. The summed E-state index contributed by atoms with van der Waals surface area (Å²) >= 11 is 5.69. The van der Waals surface area contributed by atoms with Crippen LogP contribution < -0.4 is 10.5 Å². The third kappa shape index (κ3) is 3.38. The van der Waals surface area contributed by atoms with Gasteiger partial charge in [0.1, 0.15) is 10.7 Å². The molecule has 0 aliphatic carbocycles. The van der Waals surface area contributed by atoms with Crippen molar-refractivity contribution in [3.05, 3.63) is 40.8 Å². The number of aryl methyl sites for hydroxylation is 1. The highest BCUT2D eigenvalue weighted by Gasteiger charge is 2.21. The molecule has 0 bridgehead atoms. The second-order valence-electron chi connectivity index (χ2n) is 4.14. The number of anilines is 1. The average molecular weight is 333 g/mol. The van der Waals surface area contributed by atoms with Gasteiger partial charge < -0.3 is 5.32 Å². The maximum absolute atomic E-state index is 13.6. The highest BCUT2D eigenvalue weighted by atomic mass is 35.5. The molecule has 0 unspecified atom stereocenters. The van der Waals surface area contributed by atoms with Crippen LogP contribution in [0.15, 0.2) is 29.3 Å². The molecule has 1 amide bonds. The van der Waals surface area contributed by atoms with Crippen LogP contribution in [0.25, 0.3) is 0 Å². The Balaban J connectivity index is 2.39. The van der Waals surface area contributed by atoms with Gasteiger partial charge in [-0.25, -0.2) is 17.9 Å². The van der Waals surface area contributed by atoms with Crippen molar-refractivity contribution in [2.45, 2.75) is 4.90 Å². The minimum Gasteiger partial charge on any atom is -0.304 e. The minimum absolute atomic E-state index is 0.161. The molecule has 21 heavy (non-hydrogen) atoms. The van der Waals surface area contributed by atoms with Crippen LogP contribution in [-0.4, -0.2) is 24.1 Å². The Labute approximate surface area is 124 Å². The molecule has 3 N–H and O–H groups in total. The van der Waals surface area contributed by atoms with Crippen LogP contribution in [0.5, 0.6) is 0 Å². The van der Waals surface area contributed by atoms with E-state index in [4.69, 9.17) is 16.7 Å². The number of nitrogens with one attached hydrogen (secondary N) is 1. The van der Waals surface area contributed by atoms with Crippen molar-refractivity contribution in [2.24, 2.45) is 12.2 Å². The number of nitrogens with two attached hydrogens (primary N) is 1. The molecule has 2 aromatic rings. The van der Waals surface area contributed by atoms with Crippen LogP contribution in [0.2, 0.25) is 5.02 Å². The Morgan fingerprint density at radius 2 is 2.14 bits per heavy atom. The number of nitrogens with zero attached hydrogens (tertiary/aromatic N) is 2. The first kappa shape index (κ1) is 15.4. The summed E-state index contributed by atoms with van der Waals surface area (Å²) in [6.45, 7) is 0. The minimum atomic E-state index is -4.08. The molecule has 1 heterocycles. The van der Waals surface area contributed by atoms with E-state index in [0.717, 1.165) is 23.0 Å². The number of hydrogen-bond donors (Lipinski definition) is 2. The van der Waals surface area contributed by atoms with Crippen LogP contribution in [-0.2, 0) is 17.1 Å². The maximum Gasteiger partial charge on any atom is 0.259 e. The van der Waals surface area contributed by atoms with Gasteiger partial charge in [-0.1, -0.05) is 11.6 Å². The van der Waals surface area contributed by atoms with Crippen LogP contribution in [0.1, 0.15) is 10.4 Å². The van der Waals surface area contributed by atoms with Crippen LogP contribution in [0.3, 0.4) is 0 Å². The summed E-state index contributed by atoms with van der Waals surface area (Å²) in [6, 6.07) is 3.42. The van der Waals surface area contributed by atoms with E-state index < -0.39 is 21.7 Å². The lowest BCUT2D eigenvalue weighted by Gasteiger charge is -2.05. The molecular weight excluding hydrogens is 323 g/mol. The number of primary sulfonamides is 1. The first-order valence-corrected chi connectivity index (χ1v) is 7.44. The lowest BCUT2D eigenvalue weighted by atomic mass is 10.2. The molecular formula is C11H10ClFN4O3S. The van der Waals surface area contributed by atoms with Crippen LogP contribution in [0, 0.1) is 5.82 Å². The van der Waals surface area contributed by atoms with Gasteiger partial charge in [-0.2, -0.15) is 5.10 Å². The topological polar surface area (TPSA) is 107 Å². The smallest absolute Gasteiger partial charge is 0.259 e. The molecule has 2 rings (SSSR count). The molecule has 7 nitrogen and oxygen atoms in total. The molecule has 0 saturated heterocycles. The standard InChI is InChI=1S/C11H10ClFN4O3S/c1-17-5-9(21(14,19)20)10(16-17)15-11(18)7-4-6(12)2-3-8(7)13/h2-5H,1H3,(H2,14,19,20)(H,15,16,18). The number of halogens is 2. The van der Waals surface area contributed by atoms with Gasteiger partial charge in [0.2, 0.25) is 10.0 Å². The summed E-state index contributed by atoms with van der Waals surface area (Å²) in [6.07, 6.45) is 1.12. The van der Waals surface area contributed by atoms with Gasteiger partial charge in [-0.05, 0) is 18.2 Å². The second kappa shape index (κ2) is 5.43. The zero-order valence-electron chi connectivity index (χ0n) is 10.7. The van der Waals surface area contributed by atoms with Gasteiger partial charge in [0.15, 0.2) is 5.82 Å². The van der Waals surface area contributed by atoms with E-state index in [2.05, 4.69) is 10.4 Å². The van der Waals surface area contributed by atoms with Crippen molar-refractivity contribution in [3.63, 3.8) is 0 Å². The van der Waals surface area contributed by atoms with Crippen molar-refractivity contribution in [1.29, 1.82) is 0 Å². The number of carbonyl (C=O) groups excluding carboxylic acids is 1. The largest absolute Gasteiger partial charge is 0.304 e. The molecule has 0 saturated carbocycles. The lowest BCUT2D eigenvalue weighted by molar-refractivity contribution is 0.102. The normalized spacial score (nSPS) is 11.4. The molecule has 10 heteroatoms. The summed E-state index contributed by atoms with van der Waals surface area (Å²) in [5.41, 5.74) is -0.339. The summed E-state index contributed by atoms with van der Waals surface area (Å²) in [4.78, 5) is 11.6. The van der Waals surface area contributed by atoms with Crippen LogP contribution in [0.4, 0.5) is 10.2 Å². The van der Waals surface area contributed by atoms with Gasteiger partial charge in [0.05, 0.1) is 5.56 Å². The molecule has 1 aromatic carbocycles. The maximum atomic E-state index is 13.6. The summed E-state index contributed by atoms with van der Waals surface area (Å²) in [7, 11) is -2.63. The van der Waals surface area contributed by atoms with Gasteiger partial charge in [-0.15, -0.1) is 0 Å². The monoisotopic (exact) mass is 332 g/mol. The summed E-state index contributed by atoms with van der Waals surface area (Å²) in [5, 5.41) is 11.1. The third-order valence-electron chi connectivity index (χ3n) is 2.51. The molecule has 0 fully saturated rings. The molecule has 0 spiro atoms. The van der Waals surface area contributed by atoms with Gasteiger partial charge in [0.25, 0.3) is 5.91 Å². The van der Waals surface area contributed by atoms with Gasteiger partial charge in [-0.3, -0.25) is 9.48 Å². The number of benzene rings is 1. The fourth-order valence-electron chi connectivity index (χ4n) is 1.61. The first-order chi connectivity index (χ1) is 9.68. The van der Waals surface area contributed by atoms with Crippen molar-refractivity contribution in [2.75, 3.05) is 5.32 Å². The second-order valence-corrected chi connectivity index (χ2v) is 6.11. The zero-order valence-corrected chi connectivity index (χ0v) is 12.2. The quantitative estimate of drug-likeness (QED) is 0.877. The molecule has 112 valence electrons. The molecule has 0 radical (unpaired) electrons. The van der Waals surface area contributed by atoms with Gasteiger partial charge in [0, 0.05) is 18.3 Å². The number of rotatable bonds is 3. The fourth-order valence-corrected chi connectivity index (χ4v) is 2.44. The third-order valence-corrected chi connectivity index (χ3v) is 3.65. The Kier molecular flexibility index (Phi) is 3.99. The van der Waals surface area contributed by atoms with E-state index in [0.29, 0.717) is 0 Å². The van der Waals surface area contributed by atoms with Crippen molar-refractivity contribution in [3.8, 4) is 0 Å². The summed E-state index contributed by atoms with van der Waals surface area (Å²) in [5.74, 6) is -1.98. The van der Waals surface area contributed by atoms with E-state index in [1.54, 1.807) is 0 Å². The Bertz CT molecular complexity index is 819. The van der Waals surface area contributed by atoms with Crippen LogP contribution >= 0.6 is 11.6 Å². The van der Waals surface area contributed by atoms with Gasteiger partial charge >= 0.3 is 0 Å². The predicted octanol–water partition coefficient (Wildman–Crippen LogP) is 1.11. The Morgan fingerprint density at radius 1 is 1.48 bits per heavy atom. The van der Waals surface area contributed by atoms with Crippen molar-refractivity contribution < 1.29 is 17.6 Å². The van der Waals surface area contributed by atoms with Crippen molar-refractivity contribution >= 4 is 33.3 Å². The number of carbonyl (C=O) groups is 1. The molecule has 1 aromatic heterocycles. The van der Waals surface area contributed by atoms with Crippen molar-refractivity contribution in [1.82, 2.24) is 9.78 Å². The number of hydrogen-bond acceptors (Lipinski definition) is 4. The highest BCUT2D eigenvalue weighted by Crippen LogP contribution is 2.20. The van der Waals surface area contributed by atoms with E-state index in [1.165, 1.54) is 13.1 Å². The number of sulfonamides is 1. The Morgan fingerprint density at radius 3 is 2.76 bits per heavy atom. The van der Waals surface area contributed by atoms with E-state index >= 15 is 0 Å². The molecule has 0 aliphatic rings. The first-order valence-electron chi connectivity index (χ1n) is 5.51. The highest BCUT2D eigenvalue weighted by molar-refractivity contribution is 7.89. The lowest BCUT2D eigenvalue weighted by Crippen LogP contribution is -2.18. The fraction of sp³-hybridized carbons (Fsp3) is 0.0909. The van der Waals surface area contributed by atoms with E-state index in [-0.39, 0.29) is 21.3 Å². The predicted molar refractivity (Wildman–Crippen MR) is 73.9 cm³/mol. The molecule has 0 aliphatic heterocycles. The average Bonchev–Trinajstić information content (AvgIpc) is 2.73. The summed E-state index contributed by atoms with van der Waals surface area (Å²) < 4.78 is 37.5. The Hall–Kier alpha value is -1.97. The van der Waals surface area contributed by atoms with E-state index in [9.17, 15) is 17.6 Å². The SMILES string of the molecule is Cn1cc(S(N)(=O)=O)c(NC(=O)c2cc(Cl)ccc2F)n1. The number of aromatic nitrogens is 2. The number of amides is 1.